The lowest BCUT2D eigenvalue weighted by molar-refractivity contribution is -0.119. The third-order valence-corrected chi connectivity index (χ3v) is 3.26. The Balaban J connectivity index is 1.93. The molecule has 0 aromatic heterocycles. The highest BCUT2D eigenvalue weighted by molar-refractivity contribution is 6.30. The van der Waals surface area contributed by atoms with E-state index in [1.165, 1.54) is 0 Å². The first kappa shape index (κ1) is 13.3. The van der Waals surface area contributed by atoms with Crippen LogP contribution in [0.25, 0.3) is 0 Å². The van der Waals surface area contributed by atoms with Gasteiger partial charge in [-0.25, -0.2) is 0 Å². The molecule has 0 bridgehead atoms. The van der Waals surface area contributed by atoms with Gasteiger partial charge in [0, 0.05) is 36.8 Å². The SMILES string of the molecule is CN(C(=O)CC1COCCN1)c1ccc(Cl)cc1. The average molecular weight is 269 g/mol. The molecule has 0 radical (unpaired) electrons. The largest absolute Gasteiger partial charge is 0.378 e. The van der Waals surface area contributed by atoms with Gasteiger partial charge < -0.3 is 15.0 Å². The van der Waals surface area contributed by atoms with E-state index in [-0.39, 0.29) is 11.9 Å². The topological polar surface area (TPSA) is 41.6 Å². The van der Waals surface area contributed by atoms with Gasteiger partial charge in [-0.3, -0.25) is 4.79 Å². The molecule has 5 heteroatoms. The third-order valence-electron chi connectivity index (χ3n) is 3.01. The van der Waals surface area contributed by atoms with Crippen molar-refractivity contribution in [1.29, 1.82) is 0 Å². The second kappa shape index (κ2) is 6.18. The van der Waals surface area contributed by atoms with E-state index in [1.54, 1.807) is 24.1 Å². The molecule has 98 valence electrons. The fourth-order valence-electron chi connectivity index (χ4n) is 1.91. The number of halogens is 1. The maximum Gasteiger partial charge on any atom is 0.228 e. The Kier molecular flexibility index (Phi) is 4.58. The number of benzene rings is 1. The van der Waals surface area contributed by atoms with Crippen molar-refractivity contribution in [1.82, 2.24) is 5.32 Å². The molecule has 1 saturated heterocycles. The number of hydrogen-bond acceptors (Lipinski definition) is 3. The number of nitrogens with one attached hydrogen (secondary N) is 1. The van der Waals surface area contributed by atoms with Crippen molar-refractivity contribution >= 4 is 23.2 Å². The molecule has 4 nitrogen and oxygen atoms in total. The van der Waals surface area contributed by atoms with Crippen molar-refractivity contribution in [2.45, 2.75) is 12.5 Å². The summed E-state index contributed by atoms with van der Waals surface area (Å²) in [6.07, 6.45) is 0.444. The molecule has 1 aliphatic heterocycles. The number of amides is 1. The average Bonchev–Trinajstić information content (AvgIpc) is 2.40. The van der Waals surface area contributed by atoms with Gasteiger partial charge in [0.25, 0.3) is 0 Å². The molecule has 1 amide bonds. The Labute approximate surface area is 112 Å². The molecule has 0 aliphatic carbocycles. The Hall–Kier alpha value is -1.10. The number of morpholine rings is 1. The van der Waals surface area contributed by atoms with E-state index < -0.39 is 0 Å². The van der Waals surface area contributed by atoms with E-state index in [2.05, 4.69) is 5.32 Å². The first-order valence-corrected chi connectivity index (χ1v) is 6.38. The van der Waals surface area contributed by atoms with Crippen molar-refractivity contribution in [3.05, 3.63) is 29.3 Å². The highest BCUT2D eigenvalue weighted by Gasteiger charge is 2.19. The van der Waals surface area contributed by atoms with Crippen molar-refractivity contribution in [2.75, 3.05) is 31.7 Å². The minimum Gasteiger partial charge on any atom is -0.378 e. The molecule has 0 spiro atoms. The molecule has 1 aromatic rings. The summed E-state index contributed by atoms with van der Waals surface area (Å²) in [5, 5.41) is 3.94. The molecule has 1 unspecified atom stereocenters. The summed E-state index contributed by atoms with van der Waals surface area (Å²) in [5.74, 6) is 0.0697. The van der Waals surface area contributed by atoms with Gasteiger partial charge >= 0.3 is 0 Å². The Morgan fingerprint density at radius 1 is 1.50 bits per heavy atom. The monoisotopic (exact) mass is 268 g/mol. The Morgan fingerprint density at radius 2 is 2.22 bits per heavy atom. The van der Waals surface area contributed by atoms with Crippen LogP contribution in [0.3, 0.4) is 0 Å². The quantitative estimate of drug-likeness (QED) is 0.907. The predicted octanol–water partition coefficient (Wildman–Crippen LogP) is 1.68. The minimum atomic E-state index is 0.0697. The van der Waals surface area contributed by atoms with Crippen LogP contribution in [0.4, 0.5) is 5.69 Å². The van der Waals surface area contributed by atoms with Crippen molar-refractivity contribution in [3.8, 4) is 0 Å². The van der Waals surface area contributed by atoms with Crippen molar-refractivity contribution in [3.63, 3.8) is 0 Å². The van der Waals surface area contributed by atoms with Crippen molar-refractivity contribution in [2.24, 2.45) is 0 Å². The van der Waals surface area contributed by atoms with E-state index in [1.807, 2.05) is 12.1 Å². The molecule has 1 atom stereocenters. The van der Waals surface area contributed by atoms with E-state index >= 15 is 0 Å². The normalized spacial score (nSPS) is 19.6. The van der Waals surface area contributed by atoms with Crippen LogP contribution in [-0.4, -0.2) is 38.8 Å². The van der Waals surface area contributed by atoms with Gasteiger partial charge in [0.2, 0.25) is 5.91 Å². The second-order valence-electron chi connectivity index (χ2n) is 4.36. The zero-order valence-electron chi connectivity index (χ0n) is 10.4. The van der Waals surface area contributed by atoms with Crippen molar-refractivity contribution < 1.29 is 9.53 Å². The zero-order valence-corrected chi connectivity index (χ0v) is 11.1. The summed E-state index contributed by atoms with van der Waals surface area (Å²) >= 11 is 5.82. The number of anilines is 1. The zero-order chi connectivity index (χ0) is 13.0. The highest BCUT2D eigenvalue weighted by atomic mass is 35.5. The lowest BCUT2D eigenvalue weighted by atomic mass is 10.1. The van der Waals surface area contributed by atoms with Gasteiger partial charge in [-0.1, -0.05) is 11.6 Å². The van der Waals surface area contributed by atoms with E-state index in [9.17, 15) is 4.79 Å². The molecule has 1 aliphatic rings. The van der Waals surface area contributed by atoms with Crippen LogP contribution < -0.4 is 10.2 Å². The molecule has 1 N–H and O–H groups in total. The first-order chi connectivity index (χ1) is 8.66. The van der Waals surface area contributed by atoms with Gasteiger partial charge in [0.15, 0.2) is 0 Å². The van der Waals surface area contributed by atoms with Crippen LogP contribution in [-0.2, 0) is 9.53 Å². The maximum absolute atomic E-state index is 12.1. The highest BCUT2D eigenvalue weighted by Crippen LogP contribution is 2.17. The number of carbonyl (C=O) groups excluding carboxylic acids is 1. The first-order valence-electron chi connectivity index (χ1n) is 6.00. The lowest BCUT2D eigenvalue weighted by Gasteiger charge is -2.25. The van der Waals surface area contributed by atoms with E-state index in [4.69, 9.17) is 16.3 Å². The Morgan fingerprint density at radius 3 is 2.83 bits per heavy atom. The van der Waals surface area contributed by atoms with Gasteiger partial charge in [-0.05, 0) is 24.3 Å². The van der Waals surface area contributed by atoms with Crippen LogP contribution >= 0.6 is 11.6 Å². The number of hydrogen-bond donors (Lipinski definition) is 1. The van der Waals surface area contributed by atoms with Crippen LogP contribution in [0.5, 0.6) is 0 Å². The van der Waals surface area contributed by atoms with Gasteiger partial charge in [-0.15, -0.1) is 0 Å². The summed E-state index contributed by atoms with van der Waals surface area (Å²) in [5.41, 5.74) is 0.848. The van der Waals surface area contributed by atoms with Crippen LogP contribution in [0.2, 0.25) is 5.02 Å². The predicted molar refractivity (Wildman–Crippen MR) is 72.1 cm³/mol. The molecular formula is C13H17ClN2O2. The van der Waals surface area contributed by atoms with Gasteiger partial charge in [0.1, 0.15) is 0 Å². The second-order valence-corrected chi connectivity index (χ2v) is 4.80. The summed E-state index contributed by atoms with van der Waals surface area (Å²) in [6.45, 7) is 2.13. The van der Waals surface area contributed by atoms with Crippen LogP contribution in [0, 0.1) is 0 Å². The molecular weight excluding hydrogens is 252 g/mol. The number of rotatable bonds is 3. The number of nitrogens with zero attached hydrogens (tertiary/aromatic N) is 1. The molecule has 1 heterocycles. The van der Waals surface area contributed by atoms with Gasteiger partial charge in [0.05, 0.1) is 13.2 Å². The third kappa shape index (κ3) is 3.45. The molecule has 18 heavy (non-hydrogen) atoms. The molecule has 0 saturated carbocycles. The smallest absolute Gasteiger partial charge is 0.228 e. The fourth-order valence-corrected chi connectivity index (χ4v) is 2.03. The van der Waals surface area contributed by atoms with E-state index in [0.29, 0.717) is 18.1 Å². The summed E-state index contributed by atoms with van der Waals surface area (Å²) in [4.78, 5) is 13.7. The van der Waals surface area contributed by atoms with Crippen LogP contribution in [0.1, 0.15) is 6.42 Å². The lowest BCUT2D eigenvalue weighted by Crippen LogP contribution is -2.44. The summed E-state index contributed by atoms with van der Waals surface area (Å²) in [7, 11) is 1.77. The molecule has 2 rings (SSSR count). The minimum absolute atomic E-state index is 0.0697. The summed E-state index contributed by atoms with van der Waals surface area (Å²) < 4.78 is 5.33. The standard InChI is InChI=1S/C13H17ClN2O2/c1-16(12-4-2-10(14)3-5-12)13(17)8-11-9-18-7-6-15-11/h2-5,11,15H,6-9H2,1H3. The number of carbonyl (C=O) groups is 1. The van der Waals surface area contributed by atoms with E-state index in [0.717, 1.165) is 18.8 Å². The maximum atomic E-state index is 12.1. The number of ether oxygens (including phenoxy) is 1. The summed E-state index contributed by atoms with van der Waals surface area (Å²) in [6, 6.07) is 7.35. The fraction of sp³-hybridized carbons (Fsp3) is 0.462. The Bertz CT molecular complexity index is 402. The van der Waals surface area contributed by atoms with Crippen LogP contribution in [0.15, 0.2) is 24.3 Å². The molecule has 1 aromatic carbocycles. The van der Waals surface area contributed by atoms with Gasteiger partial charge in [-0.2, -0.15) is 0 Å². The molecule has 1 fully saturated rings.